The molecular formula is C64H114O6. The molecule has 0 saturated heterocycles. The molecule has 0 aromatic heterocycles. The van der Waals surface area contributed by atoms with E-state index in [1.165, 1.54) is 167 Å². The van der Waals surface area contributed by atoms with Crippen molar-refractivity contribution in [3.63, 3.8) is 0 Å². The number of carbonyl (C=O) groups is 3. The molecule has 0 radical (unpaired) electrons. The third kappa shape index (κ3) is 56.0. The molecule has 0 bridgehead atoms. The maximum atomic E-state index is 12.8. The first-order valence-corrected chi connectivity index (χ1v) is 30.3. The molecule has 0 aliphatic heterocycles. The van der Waals surface area contributed by atoms with Crippen molar-refractivity contribution in [2.45, 2.75) is 316 Å². The topological polar surface area (TPSA) is 78.9 Å². The van der Waals surface area contributed by atoms with Crippen molar-refractivity contribution >= 4 is 17.9 Å². The average molecular weight is 980 g/mol. The lowest BCUT2D eigenvalue weighted by molar-refractivity contribution is -0.167. The van der Waals surface area contributed by atoms with Crippen LogP contribution in [-0.4, -0.2) is 37.2 Å². The van der Waals surface area contributed by atoms with E-state index in [2.05, 4.69) is 81.5 Å². The van der Waals surface area contributed by atoms with Crippen LogP contribution in [0.3, 0.4) is 0 Å². The quantitative estimate of drug-likeness (QED) is 0.0261. The summed E-state index contributed by atoms with van der Waals surface area (Å²) in [5, 5.41) is 0. The Hall–Kier alpha value is -2.89. The minimum absolute atomic E-state index is 0.0913. The van der Waals surface area contributed by atoms with Gasteiger partial charge in [0.25, 0.3) is 0 Å². The molecule has 0 aromatic rings. The van der Waals surface area contributed by atoms with Gasteiger partial charge in [-0.15, -0.1) is 0 Å². The van der Waals surface area contributed by atoms with E-state index in [1.54, 1.807) is 0 Å². The Labute approximate surface area is 434 Å². The summed E-state index contributed by atoms with van der Waals surface area (Å²) in [6.07, 6.45) is 74.0. The fourth-order valence-electron chi connectivity index (χ4n) is 8.73. The molecule has 0 fully saturated rings. The Morgan fingerprint density at radius 1 is 0.300 bits per heavy atom. The molecule has 0 saturated carbocycles. The van der Waals surface area contributed by atoms with Crippen LogP contribution in [0.15, 0.2) is 60.8 Å². The van der Waals surface area contributed by atoms with Crippen LogP contribution >= 0.6 is 0 Å². The molecule has 70 heavy (non-hydrogen) atoms. The van der Waals surface area contributed by atoms with E-state index in [4.69, 9.17) is 14.2 Å². The van der Waals surface area contributed by atoms with Gasteiger partial charge >= 0.3 is 17.9 Å². The van der Waals surface area contributed by atoms with Crippen LogP contribution in [0.4, 0.5) is 0 Å². The van der Waals surface area contributed by atoms with Crippen molar-refractivity contribution in [3.8, 4) is 0 Å². The predicted molar refractivity (Wildman–Crippen MR) is 302 cm³/mol. The molecule has 0 rings (SSSR count). The predicted octanol–water partition coefficient (Wildman–Crippen LogP) is 20.4. The van der Waals surface area contributed by atoms with E-state index in [0.29, 0.717) is 19.3 Å². The Morgan fingerprint density at radius 3 is 0.971 bits per heavy atom. The summed E-state index contributed by atoms with van der Waals surface area (Å²) >= 11 is 0. The number of hydrogen-bond donors (Lipinski definition) is 0. The maximum Gasteiger partial charge on any atom is 0.306 e. The number of ether oxygens (including phenoxy) is 3. The Kier molecular flexibility index (Phi) is 56.3. The zero-order valence-corrected chi connectivity index (χ0v) is 46.5. The largest absolute Gasteiger partial charge is 0.462 e. The molecule has 0 aliphatic carbocycles. The van der Waals surface area contributed by atoms with Crippen molar-refractivity contribution in [1.82, 2.24) is 0 Å². The monoisotopic (exact) mass is 979 g/mol. The van der Waals surface area contributed by atoms with Gasteiger partial charge in [-0.25, -0.2) is 0 Å². The summed E-state index contributed by atoms with van der Waals surface area (Å²) < 4.78 is 16.8. The van der Waals surface area contributed by atoms with E-state index in [-0.39, 0.29) is 37.5 Å². The van der Waals surface area contributed by atoms with Gasteiger partial charge in [-0.05, 0) is 77.0 Å². The summed E-state index contributed by atoms with van der Waals surface area (Å²) in [6.45, 7) is 6.45. The van der Waals surface area contributed by atoms with Crippen LogP contribution < -0.4 is 0 Å². The van der Waals surface area contributed by atoms with Gasteiger partial charge in [-0.3, -0.25) is 14.4 Å². The number of esters is 3. The van der Waals surface area contributed by atoms with Gasteiger partial charge in [0.1, 0.15) is 13.2 Å². The fraction of sp³-hybridized carbons (Fsp3) is 0.797. The molecule has 406 valence electrons. The minimum Gasteiger partial charge on any atom is -0.462 e. The number of unbranched alkanes of at least 4 members (excludes halogenated alkanes) is 34. The van der Waals surface area contributed by atoms with Crippen LogP contribution in [-0.2, 0) is 28.6 Å². The van der Waals surface area contributed by atoms with Gasteiger partial charge in [0, 0.05) is 19.3 Å². The minimum atomic E-state index is -0.797. The lowest BCUT2D eigenvalue weighted by atomic mass is 10.0. The molecule has 6 nitrogen and oxygen atoms in total. The van der Waals surface area contributed by atoms with Crippen LogP contribution in [0.5, 0.6) is 0 Å². The van der Waals surface area contributed by atoms with E-state index in [1.807, 2.05) is 0 Å². The Balaban J connectivity index is 4.17. The lowest BCUT2D eigenvalue weighted by Crippen LogP contribution is -2.30. The molecular weight excluding hydrogens is 865 g/mol. The fourth-order valence-corrected chi connectivity index (χ4v) is 8.73. The normalized spacial score (nSPS) is 12.4. The zero-order valence-electron chi connectivity index (χ0n) is 46.5. The first-order chi connectivity index (χ1) is 34.5. The van der Waals surface area contributed by atoms with Gasteiger partial charge in [0.2, 0.25) is 0 Å². The third-order valence-corrected chi connectivity index (χ3v) is 13.2. The van der Waals surface area contributed by atoms with Crippen molar-refractivity contribution in [3.05, 3.63) is 60.8 Å². The second kappa shape index (κ2) is 58.7. The molecule has 0 aliphatic rings. The smallest absolute Gasteiger partial charge is 0.306 e. The van der Waals surface area contributed by atoms with Crippen molar-refractivity contribution in [2.75, 3.05) is 13.2 Å². The highest BCUT2D eigenvalue weighted by Crippen LogP contribution is 2.17. The highest BCUT2D eigenvalue weighted by molar-refractivity contribution is 5.71. The molecule has 0 aromatic carbocycles. The average Bonchev–Trinajstić information content (AvgIpc) is 3.36. The second-order valence-corrected chi connectivity index (χ2v) is 20.2. The number of hydrogen-bond acceptors (Lipinski definition) is 6. The van der Waals surface area contributed by atoms with Crippen LogP contribution in [0.2, 0.25) is 0 Å². The molecule has 1 unspecified atom stereocenters. The summed E-state index contributed by atoms with van der Waals surface area (Å²) in [6, 6.07) is 0. The van der Waals surface area contributed by atoms with E-state index < -0.39 is 6.10 Å². The van der Waals surface area contributed by atoms with Gasteiger partial charge in [-0.2, -0.15) is 0 Å². The summed E-state index contributed by atoms with van der Waals surface area (Å²) in [5.41, 5.74) is 0. The number of rotatable bonds is 55. The Morgan fingerprint density at radius 2 is 0.586 bits per heavy atom. The van der Waals surface area contributed by atoms with Crippen molar-refractivity contribution < 1.29 is 28.6 Å². The van der Waals surface area contributed by atoms with E-state index in [9.17, 15) is 14.4 Å². The maximum absolute atomic E-state index is 12.8. The molecule has 6 heteroatoms. The van der Waals surface area contributed by atoms with E-state index in [0.717, 1.165) is 96.3 Å². The van der Waals surface area contributed by atoms with Crippen LogP contribution in [0, 0.1) is 0 Å². The number of carbonyl (C=O) groups excluding carboxylic acids is 3. The highest BCUT2D eigenvalue weighted by Gasteiger charge is 2.19. The number of allylic oxidation sites excluding steroid dienone is 10. The molecule has 0 heterocycles. The summed E-state index contributed by atoms with van der Waals surface area (Å²) in [7, 11) is 0. The second-order valence-electron chi connectivity index (χ2n) is 20.2. The molecule has 1 atom stereocenters. The molecule has 0 spiro atoms. The van der Waals surface area contributed by atoms with Crippen molar-refractivity contribution in [2.24, 2.45) is 0 Å². The SMILES string of the molecule is CC/C=C\C/C=C\C/C=C\C/C=C\CCCCC(=O)OC(COC(=O)CCCCCCC/C=C\CCC)COC(=O)CCCCCCCCCCCCCCCCCCCCCCCCCCCCC. The first-order valence-electron chi connectivity index (χ1n) is 30.3. The standard InChI is InChI=1S/C64H114O6/c1-4-7-10-13-16-19-22-24-26-27-28-29-30-31-32-33-34-35-36-37-39-40-42-45-48-51-54-57-63(66)69-60-61(59-68-62(65)56-53-50-47-44-21-18-15-12-9-6-3)70-64(67)58-55-52-49-46-43-41-38-25-23-20-17-14-11-8-5-2/h8,11-12,15,17,20,25,38,43,46,61H,4-7,9-10,13-14,16,18-19,21-24,26-37,39-42,44-45,47-60H2,1-3H3/b11-8-,15-12-,20-17-,38-25-,46-43-. The zero-order chi connectivity index (χ0) is 50.7. The van der Waals surface area contributed by atoms with E-state index >= 15 is 0 Å². The molecule has 0 amide bonds. The van der Waals surface area contributed by atoms with Gasteiger partial charge in [0.15, 0.2) is 6.10 Å². The van der Waals surface area contributed by atoms with Gasteiger partial charge in [0.05, 0.1) is 0 Å². The van der Waals surface area contributed by atoms with Crippen LogP contribution in [0.25, 0.3) is 0 Å². The third-order valence-electron chi connectivity index (χ3n) is 13.2. The van der Waals surface area contributed by atoms with Crippen molar-refractivity contribution in [1.29, 1.82) is 0 Å². The van der Waals surface area contributed by atoms with Gasteiger partial charge in [-0.1, -0.05) is 274 Å². The summed E-state index contributed by atoms with van der Waals surface area (Å²) in [5.74, 6) is -0.934. The first kappa shape index (κ1) is 67.1. The molecule has 0 N–H and O–H groups in total. The van der Waals surface area contributed by atoms with Crippen LogP contribution in [0.1, 0.15) is 310 Å². The Bertz CT molecular complexity index is 1260. The van der Waals surface area contributed by atoms with Gasteiger partial charge < -0.3 is 14.2 Å². The lowest BCUT2D eigenvalue weighted by Gasteiger charge is -2.18. The summed E-state index contributed by atoms with van der Waals surface area (Å²) in [4.78, 5) is 38.1. The highest BCUT2D eigenvalue weighted by atomic mass is 16.6.